The number of aromatic nitrogens is 1. The molecule has 0 aliphatic carbocycles. The Hall–Kier alpha value is -1.32. The predicted molar refractivity (Wildman–Crippen MR) is 48.5 cm³/mol. The molecule has 0 radical (unpaired) electrons. The van der Waals surface area contributed by atoms with Crippen LogP contribution in [0.1, 0.15) is 30.0 Å². The van der Waals surface area contributed by atoms with Crippen molar-refractivity contribution in [1.29, 1.82) is 0 Å². The van der Waals surface area contributed by atoms with Gasteiger partial charge in [-0.1, -0.05) is 5.16 Å². The summed E-state index contributed by atoms with van der Waals surface area (Å²) in [6.07, 6.45) is 1.54. The van der Waals surface area contributed by atoms with Crippen molar-refractivity contribution >= 4 is 5.91 Å². The van der Waals surface area contributed by atoms with Gasteiger partial charge < -0.3 is 9.42 Å². The highest BCUT2D eigenvalue weighted by Gasteiger charge is 2.20. The fourth-order valence-electron chi connectivity index (χ4n) is 0.891. The monoisotopic (exact) mass is 182 g/mol. The molecule has 0 saturated carbocycles. The Kier molecular flexibility index (Phi) is 2.70. The van der Waals surface area contributed by atoms with Crippen LogP contribution in [0.4, 0.5) is 0 Å². The zero-order valence-electron chi connectivity index (χ0n) is 8.37. The van der Waals surface area contributed by atoms with Crippen molar-refractivity contribution in [3.05, 3.63) is 17.5 Å². The SMILES string of the molecule is Cc1cnoc1C(=O)N(C)C(C)C. The van der Waals surface area contributed by atoms with E-state index in [0.29, 0.717) is 5.76 Å². The third-order valence-electron chi connectivity index (χ3n) is 2.04. The van der Waals surface area contributed by atoms with Gasteiger partial charge in [-0.25, -0.2) is 0 Å². The van der Waals surface area contributed by atoms with Gasteiger partial charge in [-0.05, 0) is 20.8 Å². The predicted octanol–water partition coefficient (Wildman–Crippen LogP) is 1.46. The molecule has 0 saturated heterocycles. The van der Waals surface area contributed by atoms with Crippen LogP contribution in [0.5, 0.6) is 0 Å². The summed E-state index contributed by atoms with van der Waals surface area (Å²) in [6.45, 7) is 5.70. The molecule has 13 heavy (non-hydrogen) atoms. The maximum absolute atomic E-state index is 11.7. The lowest BCUT2D eigenvalue weighted by atomic mass is 10.2. The number of rotatable bonds is 2. The normalized spacial score (nSPS) is 10.5. The van der Waals surface area contributed by atoms with Gasteiger partial charge in [0.05, 0.1) is 6.20 Å². The number of aryl methyl sites for hydroxylation is 1. The minimum absolute atomic E-state index is 0.120. The third kappa shape index (κ3) is 1.88. The van der Waals surface area contributed by atoms with E-state index < -0.39 is 0 Å². The van der Waals surface area contributed by atoms with Gasteiger partial charge in [0.2, 0.25) is 5.76 Å². The first kappa shape index (κ1) is 9.77. The van der Waals surface area contributed by atoms with Crippen LogP contribution in [-0.2, 0) is 0 Å². The van der Waals surface area contributed by atoms with E-state index >= 15 is 0 Å². The van der Waals surface area contributed by atoms with Crippen molar-refractivity contribution in [1.82, 2.24) is 10.1 Å². The fourth-order valence-corrected chi connectivity index (χ4v) is 0.891. The van der Waals surface area contributed by atoms with E-state index in [-0.39, 0.29) is 11.9 Å². The molecule has 1 heterocycles. The molecule has 4 nitrogen and oxygen atoms in total. The molecule has 0 fully saturated rings. The molecule has 0 aromatic carbocycles. The summed E-state index contributed by atoms with van der Waals surface area (Å²) in [5.41, 5.74) is 0.775. The summed E-state index contributed by atoms with van der Waals surface area (Å²) >= 11 is 0. The average Bonchev–Trinajstić information content (AvgIpc) is 2.48. The Morgan fingerprint density at radius 1 is 1.62 bits per heavy atom. The molecule has 0 unspecified atom stereocenters. The summed E-state index contributed by atoms with van der Waals surface area (Å²) in [5, 5.41) is 3.56. The number of carbonyl (C=O) groups is 1. The molecule has 4 heteroatoms. The molecule has 0 aliphatic rings. The molecule has 1 amide bonds. The number of hydrogen-bond acceptors (Lipinski definition) is 3. The van der Waals surface area contributed by atoms with Gasteiger partial charge in [0.1, 0.15) is 0 Å². The number of hydrogen-bond donors (Lipinski definition) is 0. The molecule has 1 aromatic rings. The van der Waals surface area contributed by atoms with Crippen LogP contribution in [-0.4, -0.2) is 29.1 Å². The van der Waals surface area contributed by atoms with Gasteiger partial charge in [-0.2, -0.15) is 0 Å². The molecular formula is C9H14N2O2. The zero-order valence-corrected chi connectivity index (χ0v) is 8.37. The van der Waals surface area contributed by atoms with Crippen LogP contribution in [0.2, 0.25) is 0 Å². The molecule has 0 spiro atoms. The van der Waals surface area contributed by atoms with E-state index in [1.165, 1.54) is 0 Å². The molecule has 1 aromatic heterocycles. The Morgan fingerprint density at radius 2 is 2.23 bits per heavy atom. The minimum atomic E-state index is -0.120. The standard InChI is InChI=1S/C9H14N2O2/c1-6(2)11(4)9(12)8-7(3)5-10-13-8/h5-6H,1-4H3. The van der Waals surface area contributed by atoms with E-state index in [2.05, 4.69) is 5.16 Å². The zero-order chi connectivity index (χ0) is 10.0. The van der Waals surface area contributed by atoms with Crippen LogP contribution in [0.25, 0.3) is 0 Å². The summed E-state index contributed by atoms with van der Waals surface area (Å²) in [6, 6.07) is 0.164. The molecule has 1 rings (SSSR count). The van der Waals surface area contributed by atoms with Crippen molar-refractivity contribution < 1.29 is 9.32 Å². The van der Waals surface area contributed by atoms with E-state index in [0.717, 1.165) is 5.56 Å². The first-order chi connectivity index (χ1) is 6.04. The molecular weight excluding hydrogens is 168 g/mol. The molecule has 0 bridgehead atoms. The Labute approximate surface area is 77.5 Å². The lowest BCUT2D eigenvalue weighted by Gasteiger charge is -2.19. The lowest BCUT2D eigenvalue weighted by Crippen LogP contribution is -2.33. The second kappa shape index (κ2) is 3.60. The maximum atomic E-state index is 11.7. The van der Waals surface area contributed by atoms with Gasteiger partial charge in [0, 0.05) is 18.7 Å². The highest BCUT2D eigenvalue weighted by molar-refractivity contribution is 5.92. The Balaban J connectivity index is 2.86. The Bertz CT molecular complexity index is 304. The highest BCUT2D eigenvalue weighted by Crippen LogP contribution is 2.10. The van der Waals surface area contributed by atoms with Gasteiger partial charge >= 0.3 is 0 Å². The molecule has 0 N–H and O–H groups in total. The lowest BCUT2D eigenvalue weighted by molar-refractivity contribution is 0.0712. The van der Waals surface area contributed by atoms with Crippen LogP contribution >= 0.6 is 0 Å². The summed E-state index contributed by atoms with van der Waals surface area (Å²) in [7, 11) is 1.74. The molecule has 0 atom stereocenters. The number of carbonyl (C=O) groups excluding carboxylic acids is 1. The molecule has 72 valence electrons. The van der Waals surface area contributed by atoms with Crippen molar-refractivity contribution in [3.8, 4) is 0 Å². The van der Waals surface area contributed by atoms with Gasteiger partial charge in [0.25, 0.3) is 5.91 Å². The summed E-state index contributed by atoms with van der Waals surface area (Å²) < 4.78 is 4.86. The quantitative estimate of drug-likeness (QED) is 0.695. The number of nitrogens with zero attached hydrogens (tertiary/aromatic N) is 2. The van der Waals surface area contributed by atoms with Crippen molar-refractivity contribution in [3.63, 3.8) is 0 Å². The van der Waals surface area contributed by atoms with E-state index in [1.54, 1.807) is 25.1 Å². The van der Waals surface area contributed by atoms with Crippen LogP contribution in [0, 0.1) is 6.92 Å². The second-order valence-electron chi connectivity index (χ2n) is 3.35. The second-order valence-corrected chi connectivity index (χ2v) is 3.35. The van der Waals surface area contributed by atoms with E-state index in [1.807, 2.05) is 13.8 Å². The van der Waals surface area contributed by atoms with Gasteiger partial charge in [-0.15, -0.1) is 0 Å². The van der Waals surface area contributed by atoms with Crippen LogP contribution in [0.15, 0.2) is 10.7 Å². The maximum Gasteiger partial charge on any atom is 0.292 e. The fraction of sp³-hybridized carbons (Fsp3) is 0.556. The number of amides is 1. The van der Waals surface area contributed by atoms with Gasteiger partial charge in [-0.3, -0.25) is 4.79 Å². The minimum Gasteiger partial charge on any atom is -0.351 e. The van der Waals surface area contributed by atoms with Gasteiger partial charge in [0.15, 0.2) is 0 Å². The van der Waals surface area contributed by atoms with Crippen molar-refractivity contribution in [2.24, 2.45) is 0 Å². The average molecular weight is 182 g/mol. The first-order valence-electron chi connectivity index (χ1n) is 4.22. The third-order valence-corrected chi connectivity index (χ3v) is 2.04. The summed E-state index contributed by atoms with van der Waals surface area (Å²) in [5.74, 6) is 0.209. The van der Waals surface area contributed by atoms with Crippen molar-refractivity contribution in [2.75, 3.05) is 7.05 Å². The van der Waals surface area contributed by atoms with E-state index in [9.17, 15) is 4.79 Å². The first-order valence-corrected chi connectivity index (χ1v) is 4.22. The van der Waals surface area contributed by atoms with Crippen LogP contribution in [0.3, 0.4) is 0 Å². The topological polar surface area (TPSA) is 46.3 Å². The highest BCUT2D eigenvalue weighted by atomic mass is 16.5. The van der Waals surface area contributed by atoms with Crippen molar-refractivity contribution in [2.45, 2.75) is 26.8 Å². The Morgan fingerprint density at radius 3 is 2.62 bits per heavy atom. The van der Waals surface area contributed by atoms with Crippen LogP contribution < -0.4 is 0 Å². The smallest absolute Gasteiger partial charge is 0.292 e. The molecule has 0 aliphatic heterocycles. The van der Waals surface area contributed by atoms with E-state index in [4.69, 9.17) is 4.52 Å². The largest absolute Gasteiger partial charge is 0.351 e. The summed E-state index contributed by atoms with van der Waals surface area (Å²) in [4.78, 5) is 13.3.